The van der Waals surface area contributed by atoms with Crippen LogP contribution >= 0.6 is 0 Å². The average molecular weight is 397 g/mol. The van der Waals surface area contributed by atoms with Crippen LogP contribution in [0.2, 0.25) is 0 Å². The molecule has 1 fully saturated rings. The van der Waals surface area contributed by atoms with Gasteiger partial charge in [-0.15, -0.1) is 10.2 Å². The first-order valence-electron chi connectivity index (χ1n) is 9.20. The zero-order chi connectivity index (χ0) is 20.4. The fraction of sp³-hybridized carbons (Fsp3) is 0.286. The zero-order valence-corrected chi connectivity index (χ0v) is 16.1. The maximum atomic E-state index is 13.9. The standard InChI is InChI=1S/C21H20FN3O4/c1-27-17-8-7-13(11-18(17)28-2)21(26)25-10-9-14(12-25)19-23-24-20(29-19)15-5-3-4-6-16(15)22/h3-8,11,14H,9-10,12H2,1-2H3. The van der Waals surface area contributed by atoms with Gasteiger partial charge in [0.1, 0.15) is 5.82 Å². The average Bonchev–Trinajstić information content (AvgIpc) is 3.43. The molecular formula is C21H20FN3O4. The summed E-state index contributed by atoms with van der Waals surface area (Å²) in [6, 6.07) is 11.3. The first-order valence-corrected chi connectivity index (χ1v) is 9.20. The van der Waals surface area contributed by atoms with Crippen LogP contribution in [0, 0.1) is 5.82 Å². The molecule has 0 saturated carbocycles. The molecule has 1 aromatic heterocycles. The molecule has 4 rings (SSSR count). The molecule has 29 heavy (non-hydrogen) atoms. The number of halogens is 1. The lowest BCUT2D eigenvalue weighted by Crippen LogP contribution is -2.28. The number of carbonyl (C=O) groups is 1. The minimum absolute atomic E-state index is 0.0906. The molecule has 1 atom stereocenters. The van der Waals surface area contributed by atoms with Crippen molar-refractivity contribution in [3.63, 3.8) is 0 Å². The summed E-state index contributed by atoms with van der Waals surface area (Å²) in [6.45, 7) is 1.02. The molecule has 8 heteroatoms. The minimum Gasteiger partial charge on any atom is -0.493 e. The number of rotatable bonds is 5. The van der Waals surface area contributed by atoms with Crippen molar-refractivity contribution in [3.05, 3.63) is 59.7 Å². The van der Waals surface area contributed by atoms with Crippen molar-refractivity contribution >= 4 is 5.91 Å². The molecule has 2 heterocycles. The van der Waals surface area contributed by atoms with Crippen LogP contribution in [0.3, 0.4) is 0 Å². The molecule has 2 aromatic carbocycles. The van der Waals surface area contributed by atoms with Gasteiger partial charge in [-0.2, -0.15) is 0 Å². The second kappa shape index (κ2) is 7.90. The quantitative estimate of drug-likeness (QED) is 0.656. The fourth-order valence-corrected chi connectivity index (χ4v) is 3.44. The molecule has 1 aliphatic rings. The van der Waals surface area contributed by atoms with Gasteiger partial charge in [-0.1, -0.05) is 12.1 Å². The third-order valence-electron chi connectivity index (χ3n) is 5.00. The second-order valence-electron chi connectivity index (χ2n) is 6.73. The number of nitrogens with zero attached hydrogens (tertiary/aromatic N) is 3. The number of aromatic nitrogens is 2. The number of benzene rings is 2. The Labute approximate surface area is 167 Å². The Bertz CT molecular complexity index is 1040. The molecule has 0 bridgehead atoms. The molecule has 1 amide bonds. The van der Waals surface area contributed by atoms with Crippen LogP contribution in [0.4, 0.5) is 4.39 Å². The largest absolute Gasteiger partial charge is 0.493 e. The smallest absolute Gasteiger partial charge is 0.254 e. The SMILES string of the molecule is COc1ccc(C(=O)N2CCC(c3nnc(-c4ccccc4F)o3)C2)cc1OC. The van der Waals surface area contributed by atoms with Gasteiger partial charge in [0.2, 0.25) is 5.89 Å². The van der Waals surface area contributed by atoms with Gasteiger partial charge >= 0.3 is 0 Å². The van der Waals surface area contributed by atoms with E-state index >= 15 is 0 Å². The van der Waals surface area contributed by atoms with Crippen LogP contribution in [-0.4, -0.2) is 48.3 Å². The van der Waals surface area contributed by atoms with Crippen LogP contribution in [0.25, 0.3) is 11.5 Å². The van der Waals surface area contributed by atoms with E-state index in [0.29, 0.717) is 42.5 Å². The lowest BCUT2D eigenvalue weighted by Gasteiger charge is -2.17. The summed E-state index contributed by atoms with van der Waals surface area (Å²) in [6.07, 6.45) is 0.692. The number of amides is 1. The molecule has 7 nitrogen and oxygen atoms in total. The van der Waals surface area contributed by atoms with E-state index in [1.165, 1.54) is 13.2 Å². The maximum absolute atomic E-state index is 13.9. The number of likely N-dealkylation sites (tertiary alicyclic amines) is 1. The van der Waals surface area contributed by atoms with Crippen molar-refractivity contribution in [2.75, 3.05) is 27.3 Å². The molecule has 1 saturated heterocycles. The highest BCUT2D eigenvalue weighted by atomic mass is 19.1. The predicted octanol–water partition coefficient (Wildman–Crippen LogP) is 3.52. The van der Waals surface area contributed by atoms with Crippen LogP contribution in [0.5, 0.6) is 11.5 Å². The Balaban J connectivity index is 1.48. The fourth-order valence-electron chi connectivity index (χ4n) is 3.44. The van der Waals surface area contributed by atoms with E-state index in [0.717, 1.165) is 0 Å². The predicted molar refractivity (Wildman–Crippen MR) is 102 cm³/mol. The van der Waals surface area contributed by atoms with Crippen LogP contribution in [0.1, 0.15) is 28.6 Å². The van der Waals surface area contributed by atoms with Gasteiger partial charge in [-0.3, -0.25) is 4.79 Å². The number of methoxy groups -OCH3 is 2. The second-order valence-corrected chi connectivity index (χ2v) is 6.73. The summed E-state index contributed by atoms with van der Waals surface area (Å²) >= 11 is 0. The first kappa shape index (κ1) is 18.9. The lowest BCUT2D eigenvalue weighted by molar-refractivity contribution is 0.0789. The van der Waals surface area contributed by atoms with Crippen LogP contribution in [0.15, 0.2) is 46.9 Å². The summed E-state index contributed by atoms with van der Waals surface area (Å²) in [5, 5.41) is 8.05. The highest BCUT2D eigenvalue weighted by Gasteiger charge is 2.32. The highest BCUT2D eigenvalue weighted by Crippen LogP contribution is 2.32. The third-order valence-corrected chi connectivity index (χ3v) is 5.00. The van der Waals surface area contributed by atoms with Gasteiger partial charge in [-0.05, 0) is 36.8 Å². The number of hydrogen-bond acceptors (Lipinski definition) is 6. The molecule has 1 aliphatic heterocycles. The summed E-state index contributed by atoms with van der Waals surface area (Å²) < 4.78 is 30.1. The molecule has 150 valence electrons. The van der Waals surface area contributed by atoms with Crippen molar-refractivity contribution in [2.24, 2.45) is 0 Å². The molecule has 1 unspecified atom stereocenters. The Morgan fingerprint density at radius 2 is 1.93 bits per heavy atom. The number of carbonyl (C=O) groups excluding carboxylic acids is 1. The maximum Gasteiger partial charge on any atom is 0.254 e. The van der Waals surface area contributed by atoms with Crippen LogP contribution < -0.4 is 9.47 Å². The number of hydrogen-bond donors (Lipinski definition) is 0. The summed E-state index contributed by atoms with van der Waals surface area (Å²) in [4.78, 5) is 14.6. The highest BCUT2D eigenvalue weighted by molar-refractivity contribution is 5.95. The van der Waals surface area contributed by atoms with E-state index in [4.69, 9.17) is 13.9 Å². The van der Waals surface area contributed by atoms with E-state index in [-0.39, 0.29) is 23.3 Å². The first-order chi connectivity index (χ1) is 14.1. The van der Waals surface area contributed by atoms with Crippen molar-refractivity contribution in [2.45, 2.75) is 12.3 Å². The van der Waals surface area contributed by atoms with Gasteiger partial charge in [0.05, 0.1) is 25.7 Å². The van der Waals surface area contributed by atoms with Crippen LogP contribution in [-0.2, 0) is 0 Å². The lowest BCUT2D eigenvalue weighted by atomic mass is 10.1. The molecule has 0 radical (unpaired) electrons. The summed E-state index contributed by atoms with van der Waals surface area (Å²) in [7, 11) is 3.07. The molecule has 3 aromatic rings. The summed E-state index contributed by atoms with van der Waals surface area (Å²) in [5.41, 5.74) is 0.781. The molecule has 0 N–H and O–H groups in total. The van der Waals surface area contributed by atoms with Gasteiger partial charge < -0.3 is 18.8 Å². The van der Waals surface area contributed by atoms with E-state index in [1.807, 2.05) is 0 Å². The number of ether oxygens (including phenoxy) is 2. The topological polar surface area (TPSA) is 77.7 Å². The Hall–Kier alpha value is -3.42. The van der Waals surface area contributed by atoms with E-state index in [1.54, 1.807) is 48.4 Å². The normalized spacial score (nSPS) is 16.1. The van der Waals surface area contributed by atoms with Crippen molar-refractivity contribution in [3.8, 4) is 23.0 Å². The minimum atomic E-state index is -0.417. The van der Waals surface area contributed by atoms with E-state index in [9.17, 15) is 9.18 Å². The Morgan fingerprint density at radius 1 is 1.14 bits per heavy atom. The van der Waals surface area contributed by atoms with Gasteiger partial charge in [0.25, 0.3) is 11.8 Å². The van der Waals surface area contributed by atoms with Gasteiger partial charge in [-0.25, -0.2) is 4.39 Å². The molecule has 0 spiro atoms. The third kappa shape index (κ3) is 3.65. The Kier molecular flexibility index (Phi) is 5.16. The molecule has 0 aliphatic carbocycles. The zero-order valence-electron chi connectivity index (χ0n) is 16.1. The van der Waals surface area contributed by atoms with Crippen molar-refractivity contribution < 1.29 is 23.1 Å². The monoisotopic (exact) mass is 397 g/mol. The van der Waals surface area contributed by atoms with E-state index in [2.05, 4.69) is 10.2 Å². The summed E-state index contributed by atoms with van der Waals surface area (Å²) in [5.74, 6) is 0.998. The Morgan fingerprint density at radius 3 is 2.69 bits per heavy atom. The van der Waals surface area contributed by atoms with Gasteiger partial charge in [0.15, 0.2) is 11.5 Å². The molecular weight excluding hydrogens is 377 g/mol. The van der Waals surface area contributed by atoms with E-state index < -0.39 is 5.82 Å². The van der Waals surface area contributed by atoms with Crippen molar-refractivity contribution in [1.82, 2.24) is 15.1 Å². The van der Waals surface area contributed by atoms with Crippen molar-refractivity contribution in [1.29, 1.82) is 0 Å². The van der Waals surface area contributed by atoms with Gasteiger partial charge in [0, 0.05) is 18.7 Å².